The molecule has 0 spiro atoms. The van der Waals surface area contributed by atoms with Crippen LogP contribution in [-0.4, -0.2) is 54.0 Å². The van der Waals surface area contributed by atoms with Crippen molar-refractivity contribution < 1.29 is 14.0 Å². The summed E-state index contributed by atoms with van der Waals surface area (Å²) in [6.07, 6.45) is 4.59. The Morgan fingerprint density at radius 1 is 1.16 bits per heavy atom. The van der Waals surface area contributed by atoms with E-state index < -0.39 is 0 Å². The lowest BCUT2D eigenvalue weighted by molar-refractivity contribution is -0.141. The van der Waals surface area contributed by atoms with Crippen LogP contribution in [0.3, 0.4) is 0 Å². The summed E-state index contributed by atoms with van der Waals surface area (Å²) in [4.78, 5) is 30.7. The van der Waals surface area contributed by atoms with Gasteiger partial charge in [-0.25, -0.2) is 9.18 Å². The van der Waals surface area contributed by atoms with Crippen LogP contribution in [0.5, 0.6) is 0 Å². The molecule has 0 N–H and O–H groups in total. The molecule has 2 heterocycles. The number of hydrogen-bond donors (Lipinski definition) is 0. The van der Waals surface area contributed by atoms with Crippen LogP contribution in [0.2, 0.25) is 0 Å². The van der Waals surface area contributed by atoms with Gasteiger partial charge in [-0.05, 0) is 55.9 Å². The molecular weight excluding hydrogens is 321 g/mol. The molecule has 3 fully saturated rings. The highest BCUT2D eigenvalue weighted by atomic mass is 19.1. The average Bonchev–Trinajstić information content (AvgIpc) is 3.45. The Balaban J connectivity index is 1.44. The van der Waals surface area contributed by atoms with E-state index >= 15 is 0 Å². The normalized spacial score (nSPS) is 26.4. The summed E-state index contributed by atoms with van der Waals surface area (Å²) in [6.45, 7) is 1.37. The van der Waals surface area contributed by atoms with Gasteiger partial charge in [-0.2, -0.15) is 0 Å². The number of nitrogens with zero attached hydrogens (tertiary/aromatic N) is 3. The molecule has 1 aliphatic carbocycles. The molecule has 2 atom stereocenters. The Kier molecular flexibility index (Phi) is 4.13. The molecule has 1 aromatic rings. The summed E-state index contributed by atoms with van der Waals surface area (Å²) in [7, 11) is 1.72. The van der Waals surface area contributed by atoms with Crippen LogP contribution in [0, 0.1) is 11.7 Å². The predicted molar refractivity (Wildman–Crippen MR) is 92.8 cm³/mol. The highest BCUT2D eigenvalue weighted by Gasteiger charge is 2.46. The van der Waals surface area contributed by atoms with Crippen molar-refractivity contribution >= 4 is 17.6 Å². The van der Waals surface area contributed by atoms with E-state index in [9.17, 15) is 14.0 Å². The van der Waals surface area contributed by atoms with E-state index in [1.165, 1.54) is 12.1 Å². The Bertz CT molecular complexity index is 674. The van der Waals surface area contributed by atoms with Crippen molar-refractivity contribution in [2.45, 2.75) is 44.2 Å². The number of fused-ring (bicyclic) bond motifs is 1. The number of likely N-dealkylation sites (tertiary alicyclic amines) is 2. The fourth-order valence-electron chi connectivity index (χ4n) is 4.28. The summed E-state index contributed by atoms with van der Waals surface area (Å²) in [5, 5.41) is 0. The molecule has 1 saturated carbocycles. The second kappa shape index (κ2) is 6.32. The van der Waals surface area contributed by atoms with Crippen molar-refractivity contribution in [2.75, 3.05) is 25.0 Å². The number of halogens is 1. The van der Waals surface area contributed by atoms with Gasteiger partial charge in [0.15, 0.2) is 0 Å². The summed E-state index contributed by atoms with van der Waals surface area (Å²) in [6, 6.07) is 6.66. The predicted octanol–water partition coefficient (Wildman–Crippen LogP) is 2.86. The van der Waals surface area contributed by atoms with Gasteiger partial charge in [-0.15, -0.1) is 0 Å². The summed E-state index contributed by atoms with van der Waals surface area (Å²) in [5.74, 6) is 0.363. The first-order valence-corrected chi connectivity index (χ1v) is 9.14. The monoisotopic (exact) mass is 345 g/mol. The van der Waals surface area contributed by atoms with Crippen molar-refractivity contribution in [1.82, 2.24) is 9.80 Å². The highest BCUT2D eigenvalue weighted by Crippen LogP contribution is 2.39. The van der Waals surface area contributed by atoms with E-state index in [0.29, 0.717) is 49.1 Å². The Morgan fingerprint density at radius 2 is 1.88 bits per heavy atom. The van der Waals surface area contributed by atoms with Gasteiger partial charge in [-0.1, -0.05) is 0 Å². The van der Waals surface area contributed by atoms with Crippen LogP contribution in [0.1, 0.15) is 32.1 Å². The molecule has 0 unspecified atom stereocenters. The van der Waals surface area contributed by atoms with Gasteiger partial charge < -0.3 is 9.80 Å². The molecule has 2 saturated heterocycles. The number of amides is 3. The zero-order valence-electron chi connectivity index (χ0n) is 14.5. The topological polar surface area (TPSA) is 43.9 Å². The maximum absolute atomic E-state index is 13.1. The fraction of sp³-hybridized carbons (Fsp3) is 0.579. The molecule has 3 amide bonds. The van der Waals surface area contributed by atoms with Gasteiger partial charge in [0.1, 0.15) is 5.82 Å². The quantitative estimate of drug-likeness (QED) is 0.827. The van der Waals surface area contributed by atoms with E-state index in [1.54, 1.807) is 24.1 Å². The van der Waals surface area contributed by atoms with E-state index in [2.05, 4.69) is 4.90 Å². The number of anilines is 1. The second-order valence-electron chi connectivity index (χ2n) is 7.45. The van der Waals surface area contributed by atoms with Gasteiger partial charge in [0.05, 0.1) is 0 Å². The van der Waals surface area contributed by atoms with Crippen LogP contribution in [-0.2, 0) is 4.79 Å². The van der Waals surface area contributed by atoms with E-state index in [1.807, 2.05) is 4.90 Å². The summed E-state index contributed by atoms with van der Waals surface area (Å²) < 4.78 is 13.1. The Labute approximate surface area is 147 Å². The van der Waals surface area contributed by atoms with Crippen molar-refractivity contribution in [3.8, 4) is 0 Å². The van der Waals surface area contributed by atoms with Crippen LogP contribution >= 0.6 is 0 Å². The number of carbonyl (C=O) groups is 2. The van der Waals surface area contributed by atoms with Crippen molar-refractivity contribution in [3.05, 3.63) is 30.1 Å². The van der Waals surface area contributed by atoms with Gasteiger partial charge >= 0.3 is 6.03 Å². The SMILES string of the molecule is CN(C(=O)N1CC[C@@H]2[C@@H](CCC(=O)N2C2CC2)C1)c1ccc(F)cc1. The zero-order valence-corrected chi connectivity index (χ0v) is 14.5. The number of urea groups is 1. The van der Waals surface area contributed by atoms with Gasteiger partial charge in [0.25, 0.3) is 0 Å². The molecule has 5 nitrogen and oxygen atoms in total. The minimum absolute atomic E-state index is 0.0556. The first-order chi connectivity index (χ1) is 12.0. The molecule has 6 heteroatoms. The largest absolute Gasteiger partial charge is 0.336 e. The first kappa shape index (κ1) is 16.4. The van der Waals surface area contributed by atoms with Crippen LogP contribution in [0.25, 0.3) is 0 Å². The number of hydrogen-bond acceptors (Lipinski definition) is 2. The maximum atomic E-state index is 13.1. The molecule has 25 heavy (non-hydrogen) atoms. The second-order valence-corrected chi connectivity index (χ2v) is 7.45. The summed E-state index contributed by atoms with van der Waals surface area (Å²) in [5.41, 5.74) is 0.687. The molecule has 4 rings (SSSR count). The molecular formula is C19H24FN3O2. The lowest BCUT2D eigenvalue weighted by Crippen LogP contribution is -2.58. The molecule has 134 valence electrons. The van der Waals surface area contributed by atoms with Gasteiger partial charge in [0.2, 0.25) is 5.91 Å². The smallest absolute Gasteiger partial charge is 0.324 e. The lowest BCUT2D eigenvalue weighted by Gasteiger charge is -2.47. The molecule has 1 aromatic carbocycles. The third-order valence-electron chi connectivity index (χ3n) is 5.78. The van der Waals surface area contributed by atoms with Gasteiger partial charge in [-0.3, -0.25) is 9.69 Å². The molecule has 0 aromatic heterocycles. The number of carbonyl (C=O) groups excluding carboxylic acids is 2. The highest BCUT2D eigenvalue weighted by molar-refractivity contribution is 5.91. The number of benzene rings is 1. The van der Waals surface area contributed by atoms with Crippen molar-refractivity contribution in [1.29, 1.82) is 0 Å². The fourth-order valence-corrected chi connectivity index (χ4v) is 4.28. The lowest BCUT2D eigenvalue weighted by atomic mass is 9.83. The standard InChI is InChI=1S/C19H24FN3O2/c1-21(15-5-3-14(20)4-6-15)19(25)22-11-10-17-13(12-22)2-9-18(24)23(17)16-7-8-16/h3-6,13,16-17H,2,7-12H2,1H3/t13-,17+/m0/s1. The minimum Gasteiger partial charge on any atom is -0.336 e. The zero-order chi connectivity index (χ0) is 17.6. The molecule has 0 bridgehead atoms. The first-order valence-electron chi connectivity index (χ1n) is 9.14. The molecule has 2 aliphatic heterocycles. The van der Waals surface area contributed by atoms with Crippen molar-refractivity contribution in [2.24, 2.45) is 5.92 Å². The van der Waals surface area contributed by atoms with Crippen LogP contribution < -0.4 is 4.90 Å². The van der Waals surface area contributed by atoms with E-state index in [0.717, 1.165) is 25.7 Å². The van der Waals surface area contributed by atoms with Crippen LogP contribution in [0.15, 0.2) is 24.3 Å². The van der Waals surface area contributed by atoms with Crippen LogP contribution in [0.4, 0.5) is 14.9 Å². The number of rotatable bonds is 2. The van der Waals surface area contributed by atoms with Gasteiger partial charge in [0, 0.05) is 44.3 Å². The molecule has 3 aliphatic rings. The number of piperidine rings is 2. The summed E-state index contributed by atoms with van der Waals surface area (Å²) >= 11 is 0. The molecule has 0 radical (unpaired) electrons. The van der Waals surface area contributed by atoms with E-state index in [4.69, 9.17) is 0 Å². The van der Waals surface area contributed by atoms with Crippen molar-refractivity contribution in [3.63, 3.8) is 0 Å². The third kappa shape index (κ3) is 3.10. The minimum atomic E-state index is -0.308. The average molecular weight is 345 g/mol. The Hall–Kier alpha value is -2.11. The Morgan fingerprint density at radius 3 is 2.56 bits per heavy atom. The third-order valence-corrected chi connectivity index (χ3v) is 5.78. The maximum Gasteiger partial charge on any atom is 0.324 e. The van der Waals surface area contributed by atoms with E-state index in [-0.39, 0.29) is 11.8 Å².